The van der Waals surface area contributed by atoms with Crippen LogP contribution >= 0.6 is 0 Å². The molecule has 1 rings (SSSR count). The number of hydrogen-bond acceptors (Lipinski definition) is 4. The van der Waals surface area contributed by atoms with Crippen molar-refractivity contribution < 1.29 is 23.0 Å². The van der Waals surface area contributed by atoms with Crippen LogP contribution in [-0.4, -0.2) is 33.2 Å². The van der Waals surface area contributed by atoms with E-state index in [0.29, 0.717) is 0 Å². The van der Waals surface area contributed by atoms with E-state index in [4.69, 9.17) is 9.47 Å². The maximum atomic E-state index is 12.2. The second kappa shape index (κ2) is 8.14. The lowest BCUT2D eigenvalue weighted by molar-refractivity contribution is -0.120. The highest BCUT2D eigenvalue weighted by Crippen LogP contribution is 2.21. The number of nitrogens with one attached hydrogen (secondary N) is 1. The van der Waals surface area contributed by atoms with Crippen LogP contribution in [0.25, 0.3) is 0 Å². The lowest BCUT2D eigenvalue weighted by Crippen LogP contribution is -2.40. The lowest BCUT2D eigenvalue weighted by atomic mass is 10.1. The molecule has 1 aromatic carbocycles. The molecule has 0 heterocycles. The minimum Gasteiger partial charge on any atom is -0.435 e. The Balaban J connectivity index is 2.69. The molecule has 4 nitrogen and oxygen atoms in total. The molecule has 1 aromatic rings. The van der Waals surface area contributed by atoms with Crippen molar-refractivity contribution in [2.75, 3.05) is 14.2 Å². The number of ether oxygens (including phenoxy) is 3. The van der Waals surface area contributed by atoms with Crippen molar-refractivity contribution in [1.29, 1.82) is 0 Å². The number of alkyl halides is 2. The first-order chi connectivity index (χ1) is 9.47. The van der Waals surface area contributed by atoms with Crippen molar-refractivity contribution in [1.82, 2.24) is 5.32 Å². The molecule has 114 valence electrons. The Morgan fingerprint density at radius 3 is 2.30 bits per heavy atom. The Labute approximate surface area is 118 Å². The van der Waals surface area contributed by atoms with Gasteiger partial charge in [0.05, 0.1) is 6.04 Å². The summed E-state index contributed by atoms with van der Waals surface area (Å²) >= 11 is 0. The number of methoxy groups -OCH3 is 2. The van der Waals surface area contributed by atoms with E-state index < -0.39 is 6.61 Å². The third-order valence-corrected chi connectivity index (χ3v) is 2.97. The molecule has 0 saturated heterocycles. The van der Waals surface area contributed by atoms with Gasteiger partial charge in [-0.1, -0.05) is 12.1 Å². The minimum atomic E-state index is -2.82. The SMILES string of the molecule is COC(OC)C(C)NC(C)c1cccc(OC(F)F)c1. The summed E-state index contributed by atoms with van der Waals surface area (Å²) in [5, 5.41) is 3.29. The Hall–Kier alpha value is -1.24. The van der Waals surface area contributed by atoms with Gasteiger partial charge in [0, 0.05) is 20.3 Å². The van der Waals surface area contributed by atoms with E-state index in [1.54, 1.807) is 26.4 Å². The first-order valence-electron chi connectivity index (χ1n) is 6.34. The number of halogens is 2. The predicted octanol–water partition coefficient (Wildman–Crippen LogP) is 2.95. The standard InChI is InChI=1S/C14H21F2NO3/c1-9(17-10(2)13(18-3)19-4)11-6-5-7-12(8-11)20-14(15)16/h5-10,13-14,17H,1-4H3. The van der Waals surface area contributed by atoms with Crippen molar-refractivity contribution in [3.05, 3.63) is 29.8 Å². The van der Waals surface area contributed by atoms with Crippen LogP contribution in [0.15, 0.2) is 24.3 Å². The van der Waals surface area contributed by atoms with Gasteiger partial charge in [0.15, 0.2) is 6.29 Å². The van der Waals surface area contributed by atoms with E-state index in [2.05, 4.69) is 10.1 Å². The Morgan fingerprint density at radius 1 is 1.10 bits per heavy atom. The summed E-state index contributed by atoms with van der Waals surface area (Å²) in [5.74, 6) is 0.147. The average Bonchev–Trinajstić information content (AvgIpc) is 2.39. The van der Waals surface area contributed by atoms with E-state index >= 15 is 0 Å². The summed E-state index contributed by atoms with van der Waals surface area (Å²) in [6.45, 7) is 1.03. The molecule has 2 unspecified atom stereocenters. The number of hydrogen-bond donors (Lipinski definition) is 1. The van der Waals surface area contributed by atoms with Gasteiger partial charge in [-0.25, -0.2) is 0 Å². The van der Waals surface area contributed by atoms with Crippen LogP contribution in [0.3, 0.4) is 0 Å². The van der Waals surface area contributed by atoms with Gasteiger partial charge >= 0.3 is 6.61 Å². The van der Waals surface area contributed by atoms with Gasteiger partial charge in [0.25, 0.3) is 0 Å². The largest absolute Gasteiger partial charge is 0.435 e. The van der Waals surface area contributed by atoms with E-state index in [0.717, 1.165) is 5.56 Å². The smallest absolute Gasteiger partial charge is 0.387 e. The molecule has 0 fully saturated rings. The molecule has 0 bridgehead atoms. The fourth-order valence-corrected chi connectivity index (χ4v) is 2.03. The first-order valence-corrected chi connectivity index (χ1v) is 6.34. The summed E-state index contributed by atoms with van der Waals surface area (Å²) in [6, 6.07) is 6.50. The molecule has 0 aliphatic heterocycles. The third-order valence-electron chi connectivity index (χ3n) is 2.97. The predicted molar refractivity (Wildman–Crippen MR) is 71.9 cm³/mol. The number of rotatable bonds is 8. The van der Waals surface area contributed by atoms with Crippen LogP contribution in [-0.2, 0) is 9.47 Å². The van der Waals surface area contributed by atoms with Gasteiger partial charge in [-0.3, -0.25) is 0 Å². The molecule has 0 radical (unpaired) electrons. The van der Waals surface area contributed by atoms with Gasteiger partial charge < -0.3 is 19.5 Å². The number of benzene rings is 1. The summed E-state index contributed by atoms with van der Waals surface area (Å²) in [5.41, 5.74) is 0.848. The highest BCUT2D eigenvalue weighted by atomic mass is 19.3. The van der Waals surface area contributed by atoms with Gasteiger partial charge in [0.2, 0.25) is 0 Å². The van der Waals surface area contributed by atoms with Gasteiger partial charge in [-0.2, -0.15) is 8.78 Å². The molecule has 0 aliphatic carbocycles. The van der Waals surface area contributed by atoms with Crippen LogP contribution in [0.4, 0.5) is 8.78 Å². The van der Waals surface area contributed by atoms with Crippen molar-refractivity contribution in [2.45, 2.75) is 38.8 Å². The van der Waals surface area contributed by atoms with E-state index in [-0.39, 0.29) is 24.1 Å². The third kappa shape index (κ3) is 5.03. The average molecular weight is 289 g/mol. The summed E-state index contributed by atoms with van der Waals surface area (Å²) in [4.78, 5) is 0. The van der Waals surface area contributed by atoms with Gasteiger partial charge in [0.1, 0.15) is 5.75 Å². The monoisotopic (exact) mass is 289 g/mol. The van der Waals surface area contributed by atoms with E-state index in [1.165, 1.54) is 6.07 Å². The molecule has 0 aliphatic rings. The maximum Gasteiger partial charge on any atom is 0.387 e. The van der Waals surface area contributed by atoms with Crippen LogP contribution in [0.5, 0.6) is 5.75 Å². The normalized spacial score (nSPS) is 14.6. The Kier molecular flexibility index (Phi) is 6.84. The fourth-order valence-electron chi connectivity index (χ4n) is 2.03. The van der Waals surface area contributed by atoms with Crippen LogP contribution < -0.4 is 10.1 Å². The quantitative estimate of drug-likeness (QED) is 0.747. The molecule has 20 heavy (non-hydrogen) atoms. The highest BCUT2D eigenvalue weighted by Gasteiger charge is 2.18. The molecule has 6 heteroatoms. The van der Waals surface area contributed by atoms with Crippen molar-refractivity contribution >= 4 is 0 Å². The zero-order valence-electron chi connectivity index (χ0n) is 12.1. The molecule has 0 saturated carbocycles. The second-order valence-electron chi connectivity index (χ2n) is 4.47. The zero-order valence-corrected chi connectivity index (χ0v) is 12.1. The molecule has 0 aromatic heterocycles. The maximum absolute atomic E-state index is 12.2. The Morgan fingerprint density at radius 2 is 1.75 bits per heavy atom. The summed E-state index contributed by atoms with van der Waals surface area (Å²) in [6.07, 6.45) is -0.377. The molecule has 0 spiro atoms. The fraction of sp³-hybridized carbons (Fsp3) is 0.571. The van der Waals surface area contributed by atoms with Crippen molar-refractivity contribution in [3.63, 3.8) is 0 Å². The van der Waals surface area contributed by atoms with E-state index in [1.807, 2.05) is 19.9 Å². The Bertz CT molecular complexity index is 400. The second-order valence-corrected chi connectivity index (χ2v) is 4.47. The highest BCUT2D eigenvalue weighted by molar-refractivity contribution is 5.30. The van der Waals surface area contributed by atoms with Crippen molar-refractivity contribution in [2.24, 2.45) is 0 Å². The minimum absolute atomic E-state index is 0.0559. The molecular weight excluding hydrogens is 268 g/mol. The molecule has 1 N–H and O–H groups in total. The van der Waals surface area contributed by atoms with Crippen molar-refractivity contribution in [3.8, 4) is 5.75 Å². The van der Waals surface area contributed by atoms with E-state index in [9.17, 15) is 8.78 Å². The topological polar surface area (TPSA) is 39.7 Å². The molecule has 2 atom stereocenters. The lowest BCUT2D eigenvalue weighted by Gasteiger charge is -2.26. The summed E-state index contributed by atoms with van der Waals surface area (Å²) in [7, 11) is 3.13. The van der Waals surface area contributed by atoms with Crippen LogP contribution in [0, 0.1) is 0 Å². The first kappa shape index (κ1) is 16.8. The van der Waals surface area contributed by atoms with Crippen LogP contribution in [0.2, 0.25) is 0 Å². The van der Waals surface area contributed by atoms with Gasteiger partial charge in [-0.05, 0) is 31.5 Å². The zero-order chi connectivity index (χ0) is 15.1. The molecular formula is C14H21F2NO3. The van der Waals surface area contributed by atoms with Gasteiger partial charge in [-0.15, -0.1) is 0 Å². The van der Waals surface area contributed by atoms with Crippen LogP contribution in [0.1, 0.15) is 25.5 Å². The molecule has 0 amide bonds. The summed E-state index contributed by atoms with van der Waals surface area (Å²) < 4.78 is 39.1.